The van der Waals surface area contributed by atoms with Crippen LogP contribution in [0.25, 0.3) is 0 Å². The Morgan fingerprint density at radius 1 is 1.79 bits per heavy atom. The summed E-state index contributed by atoms with van der Waals surface area (Å²) >= 11 is 0. The zero-order valence-corrected chi connectivity index (χ0v) is 7.93. The summed E-state index contributed by atoms with van der Waals surface area (Å²) in [6.07, 6.45) is 2.78. The van der Waals surface area contributed by atoms with Crippen LogP contribution in [0.1, 0.15) is 32.2 Å². The molecule has 1 heterocycles. The molecule has 14 heavy (non-hydrogen) atoms. The molecule has 0 amide bonds. The van der Waals surface area contributed by atoms with Crippen molar-refractivity contribution in [3.8, 4) is 0 Å². The van der Waals surface area contributed by atoms with Gasteiger partial charge in [0.05, 0.1) is 12.5 Å². The van der Waals surface area contributed by atoms with E-state index in [0.29, 0.717) is 6.42 Å². The second-order valence-corrected chi connectivity index (χ2v) is 3.11. The standard InChI is InChI=1S/C8H13N3O3/c1-2-3-6(4-7(12)13)11-5-9-10-8(11)14/h5-6H,2-4H2,1H3,(H,10,14)(H,12,13). The molecule has 0 saturated heterocycles. The highest BCUT2D eigenvalue weighted by Crippen LogP contribution is 2.15. The van der Waals surface area contributed by atoms with E-state index in [4.69, 9.17) is 5.11 Å². The zero-order chi connectivity index (χ0) is 10.6. The van der Waals surface area contributed by atoms with Gasteiger partial charge in [0, 0.05) is 0 Å². The number of aromatic amines is 1. The number of nitrogens with zero attached hydrogens (tertiary/aromatic N) is 2. The van der Waals surface area contributed by atoms with E-state index in [-0.39, 0.29) is 18.2 Å². The molecule has 0 saturated carbocycles. The van der Waals surface area contributed by atoms with Crippen LogP contribution in [0.5, 0.6) is 0 Å². The third-order valence-corrected chi connectivity index (χ3v) is 2.00. The first-order chi connectivity index (χ1) is 6.65. The summed E-state index contributed by atoms with van der Waals surface area (Å²) in [5.74, 6) is -0.906. The first-order valence-corrected chi connectivity index (χ1v) is 4.48. The van der Waals surface area contributed by atoms with Gasteiger partial charge in [-0.15, -0.1) is 0 Å². The number of hydrogen-bond donors (Lipinski definition) is 2. The van der Waals surface area contributed by atoms with Crippen LogP contribution in [0.4, 0.5) is 0 Å². The summed E-state index contributed by atoms with van der Waals surface area (Å²) in [6.45, 7) is 1.94. The van der Waals surface area contributed by atoms with E-state index >= 15 is 0 Å². The van der Waals surface area contributed by atoms with E-state index in [0.717, 1.165) is 6.42 Å². The van der Waals surface area contributed by atoms with Gasteiger partial charge in [-0.2, -0.15) is 5.10 Å². The number of nitrogens with one attached hydrogen (secondary N) is 1. The Labute approximate surface area is 80.6 Å². The maximum absolute atomic E-state index is 11.2. The SMILES string of the molecule is CCCC(CC(=O)O)n1cn[nH]c1=O. The lowest BCUT2D eigenvalue weighted by Crippen LogP contribution is -2.23. The van der Waals surface area contributed by atoms with Crippen LogP contribution in [0.15, 0.2) is 11.1 Å². The molecule has 0 aliphatic heterocycles. The fraction of sp³-hybridized carbons (Fsp3) is 0.625. The highest BCUT2D eigenvalue weighted by Gasteiger charge is 2.15. The topological polar surface area (TPSA) is 88.0 Å². The molecule has 0 radical (unpaired) electrons. The van der Waals surface area contributed by atoms with Crippen molar-refractivity contribution in [1.29, 1.82) is 0 Å². The van der Waals surface area contributed by atoms with Gasteiger partial charge in [-0.05, 0) is 6.42 Å². The number of rotatable bonds is 5. The Kier molecular flexibility index (Phi) is 3.44. The van der Waals surface area contributed by atoms with E-state index in [9.17, 15) is 9.59 Å². The normalized spacial score (nSPS) is 12.6. The fourth-order valence-corrected chi connectivity index (χ4v) is 1.39. The minimum Gasteiger partial charge on any atom is -0.481 e. The van der Waals surface area contributed by atoms with Crippen molar-refractivity contribution in [1.82, 2.24) is 14.8 Å². The van der Waals surface area contributed by atoms with Crippen LogP contribution in [0.3, 0.4) is 0 Å². The minimum absolute atomic E-state index is 0.0483. The van der Waals surface area contributed by atoms with E-state index < -0.39 is 5.97 Å². The van der Waals surface area contributed by atoms with Gasteiger partial charge < -0.3 is 5.11 Å². The summed E-state index contributed by atoms with van der Waals surface area (Å²) in [5.41, 5.74) is -0.357. The molecule has 1 unspecified atom stereocenters. The third-order valence-electron chi connectivity index (χ3n) is 2.00. The third kappa shape index (κ3) is 2.45. The van der Waals surface area contributed by atoms with E-state index in [2.05, 4.69) is 10.2 Å². The van der Waals surface area contributed by atoms with Crippen LogP contribution >= 0.6 is 0 Å². The lowest BCUT2D eigenvalue weighted by Gasteiger charge is -2.13. The lowest BCUT2D eigenvalue weighted by atomic mass is 10.1. The average molecular weight is 199 g/mol. The molecular weight excluding hydrogens is 186 g/mol. The van der Waals surface area contributed by atoms with Crippen LogP contribution in [0, 0.1) is 0 Å². The summed E-state index contributed by atoms with van der Waals surface area (Å²) < 4.78 is 1.33. The predicted molar refractivity (Wildman–Crippen MR) is 49.0 cm³/mol. The number of carboxylic acid groups (broad SMARTS) is 1. The number of aliphatic carboxylic acids is 1. The van der Waals surface area contributed by atoms with Gasteiger partial charge >= 0.3 is 11.7 Å². The summed E-state index contributed by atoms with van der Waals surface area (Å²) in [5, 5.41) is 14.5. The van der Waals surface area contributed by atoms with Crippen molar-refractivity contribution in [2.24, 2.45) is 0 Å². The van der Waals surface area contributed by atoms with Crippen molar-refractivity contribution in [3.05, 3.63) is 16.8 Å². The first-order valence-electron chi connectivity index (χ1n) is 4.48. The van der Waals surface area contributed by atoms with Gasteiger partial charge in [0.1, 0.15) is 6.33 Å². The van der Waals surface area contributed by atoms with Crippen LogP contribution in [-0.4, -0.2) is 25.8 Å². The largest absolute Gasteiger partial charge is 0.481 e. The molecule has 78 valence electrons. The zero-order valence-electron chi connectivity index (χ0n) is 7.93. The van der Waals surface area contributed by atoms with Gasteiger partial charge in [-0.1, -0.05) is 13.3 Å². The summed E-state index contributed by atoms with van der Waals surface area (Å²) in [7, 11) is 0. The first kappa shape index (κ1) is 10.5. The number of carboxylic acids is 1. The molecule has 0 bridgehead atoms. The molecule has 1 rings (SSSR count). The average Bonchev–Trinajstić information content (AvgIpc) is 2.50. The molecule has 1 aromatic heterocycles. The lowest BCUT2D eigenvalue weighted by molar-refractivity contribution is -0.138. The van der Waals surface area contributed by atoms with Crippen molar-refractivity contribution < 1.29 is 9.90 Å². The maximum atomic E-state index is 11.2. The Hall–Kier alpha value is -1.59. The molecule has 0 aliphatic rings. The minimum atomic E-state index is -0.906. The smallest absolute Gasteiger partial charge is 0.343 e. The number of hydrogen-bond acceptors (Lipinski definition) is 3. The van der Waals surface area contributed by atoms with Crippen molar-refractivity contribution in [2.75, 3.05) is 0 Å². The molecule has 6 heteroatoms. The maximum Gasteiger partial charge on any atom is 0.343 e. The molecular formula is C8H13N3O3. The number of aromatic nitrogens is 3. The molecule has 1 atom stereocenters. The molecule has 0 aromatic carbocycles. The Morgan fingerprint density at radius 2 is 2.50 bits per heavy atom. The molecule has 0 fully saturated rings. The highest BCUT2D eigenvalue weighted by atomic mass is 16.4. The predicted octanol–water partition coefficient (Wildman–Crippen LogP) is 0.387. The van der Waals surface area contributed by atoms with E-state index in [1.165, 1.54) is 10.9 Å². The fourth-order valence-electron chi connectivity index (χ4n) is 1.39. The van der Waals surface area contributed by atoms with Crippen molar-refractivity contribution in [3.63, 3.8) is 0 Å². The van der Waals surface area contributed by atoms with E-state index in [1.807, 2.05) is 6.92 Å². The highest BCUT2D eigenvalue weighted by molar-refractivity contribution is 5.67. The van der Waals surface area contributed by atoms with Crippen molar-refractivity contribution in [2.45, 2.75) is 32.2 Å². The van der Waals surface area contributed by atoms with E-state index in [1.54, 1.807) is 0 Å². The van der Waals surface area contributed by atoms with Crippen LogP contribution < -0.4 is 5.69 Å². The van der Waals surface area contributed by atoms with Crippen molar-refractivity contribution >= 4 is 5.97 Å². The summed E-state index contributed by atoms with van der Waals surface area (Å²) in [6, 6.07) is -0.302. The molecule has 6 nitrogen and oxygen atoms in total. The Morgan fingerprint density at radius 3 is 2.93 bits per heavy atom. The van der Waals surface area contributed by atoms with Gasteiger partial charge in [-0.3, -0.25) is 9.36 Å². The van der Waals surface area contributed by atoms with Gasteiger partial charge in [0.25, 0.3) is 0 Å². The van der Waals surface area contributed by atoms with Gasteiger partial charge in [0.2, 0.25) is 0 Å². The van der Waals surface area contributed by atoms with Crippen LogP contribution in [-0.2, 0) is 4.79 Å². The second-order valence-electron chi connectivity index (χ2n) is 3.11. The van der Waals surface area contributed by atoms with Crippen LogP contribution in [0.2, 0.25) is 0 Å². The molecule has 1 aromatic rings. The Bertz CT molecular complexity index is 355. The Balaban J connectivity index is 2.82. The second kappa shape index (κ2) is 4.59. The van der Waals surface area contributed by atoms with Gasteiger partial charge in [-0.25, -0.2) is 9.89 Å². The van der Waals surface area contributed by atoms with Gasteiger partial charge in [0.15, 0.2) is 0 Å². The monoisotopic (exact) mass is 199 g/mol. The summed E-state index contributed by atoms with van der Waals surface area (Å²) in [4.78, 5) is 21.7. The molecule has 0 spiro atoms. The molecule has 0 aliphatic carbocycles. The number of H-pyrrole nitrogens is 1. The number of carbonyl (C=O) groups is 1. The quantitative estimate of drug-likeness (QED) is 0.717. The molecule has 2 N–H and O–H groups in total.